The standard InChI is InChI=1S/C21H30N2O2/c1-20(2,3)25-19(24)23(4)21(12-13-21)17-14-18(22-15-17)11-10-16-8-6-5-7-9-16/h5-11,17-18,22H,12-15H2,1-4H3/t17-,18+/m0/s1. The van der Waals surface area contributed by atoms with Crippen molar-refractivity contribution in [2.75, 3.05) is 13.6 Å². The Labute approximate surface area is 151 Å². The van der Waals surface area contributed by atoms with E-state index in [1.807, 2.05) is 38.8 Å². The van der Waals surface area contributed by atoms with Crippen LogP contribution in [0.2, 0.25) is 0 Å². The van der Waals surface area contributed by atoms with Crippen LogP contribution in [0.25, 0.3) is 6.08 Å². The van der Waals surface area contributed by atoms with Crippen LogP contribution in [0.1, 0.15) is 45.6 Å². The van der Waals surface area contributed by atoms with Gasteiger partial charge in [0, 0.05) is 19.6 Å². The van der Waals surface area contributed by atoms with Gasteiger partial charge in [0.1, 0.15) is 5.60 Å². The topological polar surface area (TPSA) is 41.6 Å². The van der Waals surface area contributed by atoms with Crippen LogP contribution < -0.4 is 5.32 Å². The minimum Gasteiger partial charge on any atom is -0.444 e. The molecule has 136 valence electrons. The lowest BCUT2D eigenvalue weighted by Gasteiger charge is -2.34. The fourth-order valence-corrected chi connectivity index (χ4v) is 3.77. The minimum atomic E-state index is -0.448. The van der Waals surface area contributed by atoms with Crippen LogP contribution in [0.3, 0.4) is 0 Å². The van der Waals surface area contributed by atoms with Gasteiger partial charge < -0.3 is 15.0 Å². The second-order valence-corrected chi connectivity index (χ2v) is 8.36. The van der Waals surface area contributed by atoms with Crippen molar-refractivity contribution in [2.24, 2.45) is 5.92 Å². The summed E-state index contributed by atoms with van der Waals surface area (Å²) in [5.74, 6) is 0.482. The normalized spacial score (nSPS) is 25.1. The van der Waals surface area contributed by atoms with Gasteiger partial charge in [0.25, 0.3) is 0 Å². The molecule has 2 aliphatic rings. The molecule has 4 heteroatoms. The summed E-state index contributed by atoms with van der Waals surface area (Å²) in [6.45, 7) is 6.70. The second-order valence-electron chi connectivity index (χ2n) is 8.36. The maximum Gasteiger partial charge on any atom is 0.410 e. The van der Waals surface area contributed by atoms with Crippen molar-refractivity contribution in [1.82, 2.24) is 10.2 Å². The third-order valence-corrected chi connectivity index (χ3v) is 5.34. The van der Waals surface area contributed by atoms with Crippen LogP contribution in [-0.2, 0) is 4.74 Å². The molecule has 1 aliphatic heterocycles. The van der Waals surface area contributed by atoms with Gasteiger partial charge in [-0.15, -0.1) is 0 Å². The van der Waals surface area contributed by atoms with E-state index in [1.165, 1.54) is 5.56 Å². The van der Waals surface area contributed by atoms with Crippen molar-refractivity contribution >= 4 is 12.2 Å². The number of ether oxygens (including phenoxy) is 1. The van der Waals surface area contributed by atoms with E-state index in [4.69, 9.17) is 4.74 Å². The Balaban J connectivity index is 1.59. The average molecular weight is 342 g/mol. The lowest BCUT2D eigenvalue weighted by atomic mass is 9.93. The molecule has 1 heterocycles. The predicted molar refractivity (Wildman–Crippen MR) is 101 cm³/mol. The smallest absolute Gasteiger partial charge is 0.410 e. The highest BCUT2D eigenvalue weighted by Crippen LogP contribution is 2.50. The summed E-state index contributed by atoms with van der Waals surface area (Å²) in [7, 11) is 1.90. The van der Waals surface area contributed by atoms with Gasteiger partial charge in [-0.05, 0) is 51.5 Å². The number of rotatable bonds is 4. The first-order valence-corrected chi connectivity index (χ1v) is 9.24. The number of carbonyl (C=O) groups is 1. The van der Waals surface area contributed by atoms with Crippen molar-refractivity contribution < 1.29 is 9.53 Å². The van der Waals surface area contributed by atoms with E-state index in [9.17, 15) is 4.79 Å². The summed E-state index contributed by atoms with van der Waals surface area (Å²) >= 11 is 0. The number of amides is 1. The molecular weight excluding hydrogens is 312 g/mol. The van der Waals surface area contributed by atoms with E-state index < -0.39 is 5.60 Å². The Morgan fingerprint density at radius 2 is 1.96 bits per heavy atom. The molecule has 1 saturated heterocycles. The first-order valence-electron chi connectivity index (χ1n) is 9.24. The lowest BCUT2D eigenvalue weighted by molar-refractivity contribution is 0.0133. The zero-order valence-electron chi connectivity index (χ0n) is 15.8. The van der Waals surface area contributed by atoms with Gasteiger partial charge in [-0.25, -0.2) is 4.79 Å². The Morgan fingerprint density at radius 3 is 2.56 bits per heavy atom. The van der Waals surface area contributed by atoms with Crippen molar-refractivity contribution in [3.05, 3.63) is 42.0 Å². The molecule has 0 spiro atoms. The van der Waals surface area contributed by atoms with E-state index >= 15 is 0 Å². The third-order valence-electron chi connectivity index (χ3n) is 5.34. The average Bonchev–Trinajstić information content (AvgIpc) is 3.23. The van der Waals surface area contributed by atoms with Crippen LogP contribution in [0.5, 0.6) is 0 Å². The van der Waals surface area contributed by atoms with Gasteiger partial charge in [0.05, 0.1) is 5.54 Å². The molecule has 0 bridgehead atoms. The number of nitrogens with zero attached hydrogens (tertiary/aromatic N) is 1. The summed E-state index contributed by atoms with van der Waals surface area (Å²) in [5.41, 5.74) is 0.751. The summed E-state index contributed by atoms with van der Waals surface area (Å²) in [4.78, 5) is 14.3. The Hall–Kier alpha value is -1.81. The lowest BCUT2D eigenvalue weighted by Crippen LogP contribution is -2.46. The monoisotopic (exact) mass is 342 g/mol. The van der Waals surface area contributed by atoms with Crippen LogP contribution >= 0.6 is 0 Å². The van der Waals surface area contributed by atoms with E-state index in [1.54, 1.807) is 0 Å². The van der Waals surface area contributed by atoms with Crippen LogP contribution in [0.15, 0.2) is 36.4 Å². The molecule has 25 heavy (non-hydrogen) atoms. The number of benzene rings is 1. The molecule has 0 radical (unpaired) electrons. The summed E-state index contributed by atoms with van der Waals surface area (Å²) in [6.07, 6.45) is 7.44. The van der Waals surface area contributed by atoms with Crippen molar-refractivity contribution in [3.63, 3.8) is 0 Å². The number of nitrogens with one attached hydrogen (secondary N) is 1. The van der Waals surface area contributed by atoms with E-state index in [-0.39, 0.29) is 11.6 Å². The Morgan fingerprint density at radius 1 is 1.28 bits per heavy atom. The molecule has 2 fully saturated rings. The van der Waals surface area contributed by atoms with Gasteiger partial charge in [-0.1, -0.05) is 42.5 Å². The van der Waals surface area contributed by atoms with Crippen molar-refractivity contribution in [2.45, 2.75) is 57.2 Å². The number of hydrogen-bond donors (Lipinski definition) is 1. The summed E-state index contributed by atoms with van der Waals surface area (Å²) in [6, 6.07) is 10.7. The van der Waals surface area contributed by atoms with Crippen molar-refractivity contribution in [3.8, 4) is 0 Å². The SMILES string of the molecule is CN(C(=O)OC(C)(C)C)C1([C@@H]2CN[C@H](C=Cc3ccccc3)C2)CC1. The minimum absolute atomic E-state index is 0.0231. The fourth-order valence-electron chi connectivity index (χ4n) is 3.77. The molecule has 1 saturated carbocycles. The first kappa shape index (κ1) is 18.0. The van der Waals surface area contributed by atoms with Gasteiger partial charge in [0.2, 0.25) is 0 Å². The maximum absolute atomic E-state index is 12.5. The van der Waals surface area contributed by atoms with E-state index in [0.717, 1.165) is 25.8 Å². The van der Waals surface area contributed by atoms with Crippen molar-refractivity contribution in [1.29, 1.82) is 0 Å². The molecule has 1 amide bonds. The first-order chi connectivity index (χ1) is 11.8. The highest BCUT2D eigenvalue weighted by molar-refractivity contribution is 5.69. The van der Waals surface area contributed by atoms with E-state index in [2.05, 4.69) is 41.7 Å². The fraction of sp³-hybridized carbons (Fsp3) is 0.571. The Kier molecular flexibility index (Phi) is 4.92. The number of carbonyl (C=O) groups excluding carboxylic acids is 1. The molecule has 4 nitrogen and oxygen atoms in total. The Bertz CT molecular complexity index is 629. The van der Waals surface area contributed by atoms with Gasteiger partial charge in [-0.2, -0.15) is 0 Å². The zero-order chi connectivity index (χ0) is 18.1. The molecular formula is C21H30N2O2. The molecule has 0 aromatic heterocycles. The largest absolute Gasteiger partial charge is 0.444 e. The third kappa shape index (κ3) is 4.24. The molecule has 1 aromatic rings. The van der Waals surface area contributed by atoms with Gasteiger partial charge >= 0.3 is 6.09 Å². The molecule has 1 aliphatic carbocycles. The van der Waals surface area contributed by atoms with Gasteiger partial charge in [0.15, 0.2) is 0 Å². The molecule has 0 unspecified atom stereocenters. The summed E-state index contributed by atoms with van der Waals surface area (Å²) in [5, 5.41) is 3.60. The molecule has 3 rings (SSSR count). The highest BCUT2D eigenvalue weighted by Gasteiger charge is 2.56. The number of hydrogen-bond acceptors (Lipinski definition) is 3. The molecule has 1 N–H and O–H groups in total. The van der Waals surface area contributed by atoms with Crippen LogP contribution in [0.4, 0.5) is 4.79 Å². The predicted octanol–water partition coefficient (Wildman–Crippen LogP) is 4.08. The van der Waals surface area contributed by atoms with Gasteiger partial charge in [-0.3, -0.25) is 0 Å². The zero-order valence-corrected chi connectivity index (χ0v) is 15.8. The summed E-state index contributed by atoms with van der Waals surface area (Å²) < 4.78 is 5.57. The quantitative estimate of drug-likeness (QED) is 0.896. The highest BCUT2D eigenvalue weighted by atomic mass is 16.6. The molecule has 1 aromatic carbocycles. The van der Waals surface area contributed by atoms with Crippen LogP contribution in [-0.4, -0.2) is 41.8 Å². The molecule has 2 atom stereocenters. The van der Waals surface area contributed by atoms with Crippen LogP contribution in [0, 0.1) is 5.92 Å². The second kappa shape index (κ2) is 6.83. The van der Waals surface area contributed by atoms with E-state index in [0.29, 0.717) is 12.0 Å². The maximum atomic E-state index is 12.5.